The van der Waals surface area contributed by atoms with Gasteiger partial charge in [0.1, 0.15) is 0 Å². The number of likely N-dealkylation sites (tertiary alicyclic amines) is 1. The second-order valence-electron chi connectivity index (χ2n) is 3.82. The van der Waals surface area contributed by atoms with Gasteiger partial charge in [-0.2, -0.15) is 0 Å². The van der Waals surface area contributed by atoms with Crippen LogP contribution in [0.5, 0.6) is 0 Å². The summed E-state index contributed by atoms with van der Waals surface area (Å²) in [7, 11) is 0. The number of nitrogens with zero attached hydrogens (tertiary/aromatic N) is 3. The van der Waals surface area contributed by atoms with Crippen LogP contribution < -0.4 is 0 Å². The van der Waals surface area contributed by atoms with Crippen molar-refractivity contribution in [3.8, 4) is 0 Å². The highest BCUT2D eigenvalue weighted by atomic mass is 35.5. The zero-order valence-corrected chi connectivity index (χ0v) is 9.96. The van der Waals surface area contributed by atoms with E-state index in [1.54, 1.807) is 10.3 Å². The molecule has 0 spiro atoms. The van der Waals surface area contributed by atoms with E-state index in [2.05, 4.69) is 16.5 Å². The van der Waals surface area contributed by atoms with Crippen molar-refractivity contribution in [1.29, 1.82) is 0 Å². The number of alkyl halides is 1. The fraction of sp³-hybridized carbons (Fsp3) is 0.667. The Morgan fingerprint density at radius 1 is 1.73 bits per heavy atom. The van der Waals surface area contributed by atoms with Crippen LogP contribution in [0.4, 0.5) is 0 Å². The summed E-state index contributed by atoms with van der Waals surface area (Å²) in [6.07, 6.45) is 0.956. The van der Waals surface area contributed by atoms with Gasteiger partial charge in [0.25, 0.3) is 5.91 Å². The van der Waals surface area contributed by atoms with Gasteiger partial charge >= 0.3 is 0 Å². The van der Waals surface area contributed by atoms with Crippen molar-refractivity contribution in [1.82, 2.24) is 14.5 Å². The molecule has 1 aromatic heterocycles. The summed E-state index contributed by atoms with van der Waals surface area (Å²) in [6.45, 7) is 3.49. The van der Waals surface area contributed by atoms with Gasteiger partial charge in [-0.25, -0.2) is 0 Å². The largest absolute Gasteiger partial charge is 0.336 e. The average Bonchev–Trinajstić information content (AvgIpc) is 2.74. The van der Waals surface area contributed by atoms with Crippen LogP contribution in [0.2, 0.25) is 0 Å². The molecule has 1 saturated heterocycles. The minimum Gasteiger partial charge on any atom is -0.336 e. The number of amides is 1. The highest BCUT2D eigenvalue weighted by molar-refractivity contribution is 7.03. The topological polar surface area (TPSA) is 46.1 Å². The summed E-state index contributed by atoms with van der Waals surface area (Å²) in [6, 6.07) is 0. The minimum absolute atomic E-state index is 0.0503. The second kappa shape index (κ2) is 4.45. The Balaban J connectivity index is 2.03. The summed E-state index contributed by atoms with van der Waals surface area (Å²) in [5.41, 5.74) is 0.429. The third-order valence-corrected chi connectivity index (χ3v) is 3.81. The van der Waals surface area contributed by atoms with E-state index in [9.17, 15) is 4.79 Å². The Morgan fingerprint density at radius 3 is 3.13 bits per heavy atom. The molecule has 82 valence electrons. The SMILES string of the molecule is CC1CCN(C(=O)c2csnn2)CC1Cl. The molecule has 1 amide bonds. The molecular formula is C9H12ClN3OS. The lowest BCUT2D eigenvalue weighted by Crippen LogP contribution is -2.43. The highest BCUT2D eigenvalue weighted by Crippen LogP contribution is 2.22. The lowest BCUT2D eigenvalue weighted by Gasteiger charge is -2.33. The fourth-order valence-electron chi connectivity index (χ4n) is 1.63. The summed E-state index contributed by atoms with van der Waals surface area (Å²) >= 11 is 7.33. The zero-order valence-electron chi connectivity index (χ0n) is 8.39. The van der Waals surface area contributed by atoms with Crippen molar-refractivity contribution in [2.45, 2.75) is 18.7 Å². The Kier molecular flexibility index (Phi) is 3.21. The summed E-state index contributed by atoms with van der Waals surface area (Å²) in [5, 5.41) is 5.49. The van der Waals surface area contributed by atoms with Gasteiger partial charge in [0, 0.05) is 18.5 Å². The van der Waals surface area contributed by atoms with E-state index in [-0.39, 0.29) is 11.3 Å². The number of halogens is 1. The maximum atomic E-state index is 11.9. The Morgan fingerprint density at radius 2 is 2.53 bits per heavy atom. The Bertz CT molecular complexity index is 343. The van der Waals surface area contributed by atoms with E-state index in [1.807, 2.05) is 0 Å². The molecule has 1 aliphatic rings. The van der Waals surface area contributed by atoms with E-state index in [4.69, 9.17) is 11.6 Å². The van der Waals surface area contributed by atoms with Gasteiger partial charge in [-0.15, -0.1) is 16.7 Å². The minimum atomic E-state index is -0.0544. The molecule has 4 nitrogen and oxygen atoms in total. The van der Waals surface area contributed by atoms with E-state index >= 15 is 0 Å². The first kappa shape index (κ1) is 10.8. The van der Waals surface area contributed by atoms with E-state index in [0.717, 1.165) is 13.0 Å². The van der Waals surface area contributed by atoms with Crippen LogP contribution >= 0.6 is 23.1 Å². The number of aromatic nitrogens is 2. The van der Waals surface area contributed by atoms with Gasteiger partial charge in [0.2, 0.25) is 0 Å². The van der Waals surface area contributed by atoms with Gasteiger partial charge < -0.3 is 4.90 Å². The van der Waals surface area contributed by atoms with Gasteiger partial charge in [-0.1, -0.05) is 11.4 Å². The number of carbonyl (C=O) groups excluding carboxylic acids is 1. The van der Waals surface area contributed by atoms with Crippen LogP contribution in [0.15, 0.2) is 5.38 Å². The van der Waals surface area contributed by atoms with E-state index in [0.29, 0.717) is 18.2 Å². The van der Waals surface area contributed by atoms with Gasteiger partial charge in [0.15, 0.2) is 5.69 Å². The van der Waals surface area contributed by atoms with Crippen LogP contribution in [0.25, 0.3) is 0 Å². The predicted octanol–water partition coefficient (Wildman–Crippen LogP) is 1.63. The quantitative estimate of drug-likeness (QED) is 0.707. The van der Waals surface area contributed by atoms with Gasteiger partial charge in [-0.05, 0) is 23.9 Å². The lowest BCUT2D eigenvalue weighted by atomic mass is 9.98. The first-order chi connectivity index (χ1) is 7.18. The highest BCUT2D eigenvalue weighted by Gasteiger charge is 2.28. The first-order valence-electron chi connectivity index (χ1n) is 4.89. The van der Waals surface area contributed by atoms with Crippen molar-refractivity contribution in [3.63, 3.8) is 0 Å². The van der Waals surface area contributed by atoms with Crippen LogP contribution in [0.1, 0.15) is 23.8 Å². The van der Waals surface area contributed by atoms with Crippen molar-refractivity contribution in [2.24, 2.45) is 5.92 Å². The number of carbonyl (C=O) groups is 1. The third-order valence-electron chi connectivity index (χ3n) is 2.73. The Labute approximate surface area is 97.4 Å². The van der Waals surface area contributed by atoms with Gasteiger partial charge in [-0.3, -0.25) is 4.79 Å². The fourth-order valence-corrected chi connectivity index (χ4v) is 2.35. The molecule has 0 bridgehead atoms. The van der Waals surface area contributed by atoms with Gasteiger partial charge in [0.05, 0.1) is 5.38 Å². The molecule has 0 N–H and O–H groups in total. The molecule has 2 rings (SSSR count). The molecule has 2 atom stereocenters. The smallest absolute Gasteiger partial charge is 0.275 e. The summed E-state index contributed by atoms with van der Waals surface area (Å²) < 4.78 is 3.68. The number of piperidine rings is 1. The van der Waals surface area contributed by atoms with Crippen molar-refractivity contribution in [3.05, 3.63) is 11.1 Å². The molecule has 0 aromatic carbocycles. The Hall–Kier alpha value is -0.680. The molecule has 1 aliphatic heterocycles. The second-order valence-corrected chi connectivity index (χ2v) is 4.99. The molecule has 2 unspecified atom stereocenters. The molecule has 1 fully saturated rings. The molecule has 0 radical (unpaired) electrons. The predicted molar refractivity (Wildman–Crippen MR) is 59.2 cm³/mol. The third kappa shape index (κ3) is 2.29. The normalized spacial score (nSPS) is 26.7. The maximum Gasteiger partial charge on any atom is 0.275 e. The molecule has 15 heavy (non-hydrogen) atoms. The van der Waals surface area contributed by atoms with Crippen molar-refractivity contribution in [2.75, 3.05) is 13.1 Å². The molecule has 2 heterocycles. The lowest BCUT2D eigenvalue weighted by molar-refractivity contribution is 0.0695. The maximum absolute atomic E-state index is 11.9. The number of hydrogen-bond donors (Lipinski definition) is 0. The van der Waals surface area contributed by atoms with E-state index < -0.39 is 0 Å². The zero-order chi connectivity index (χ0) is 10.8. The summed E-state index contributed by atoms with van der Waals surface area (Å²) in [4.78, 5) is 13.6. The molecule has 1 aromatic rings. The summed E-state index contributed by atoms with van der Waals surface area (Å²) in [5.74, 6) is 0.422. The molecule has 6 heteroatoms. The van der Waals surface area contributed by atoms with E-state index in [1.165, 1.54) is 11.5 Å². The molecule has 0 aliphatic carbocycles. The molecular weight excluding hydrogens is 234 g/mol. The first-order valence-corrected chi connectivity index (χ1v) is 6.16. The number of hydrogen-bond acceptors (Lipinski definition) is 4. The molecule has 0 saturated carbocycles. The van der Waals surface area contributed by atoms with Crippen molar-refractivity contribution < 1.29 is 4.79 Å². The van der Waals surface area contributed by atoms with Crippen LogP contribution in [0, 0.1) is 5.92 Å². The average molecular weight is 246 g/mol. The van der Waals surface area contributed by atoms with Crippen LogP contribution in [-0.4, -0.2) is 38.9 Å². The van der Waals surface area contributed by atoms with Crippen LogP contribution in [-0.2, 0) is 0 Å². The van der Waals surface area contributed by atoms with Crippen LogP contribution in [0.3, 0.4) is 0 Å². The van der Waals surface area contributed by atoms with Crippen molar-refractivity contribution >= 4 is 29.0 Å². The number of rotatable bonds is 1. The standard InChI is InChI=1S/C9H12ClN3OS/c1-6-2-3-13(4-7(6)10)9(14)8-5-15-12-11-8/h5-7H,2-4H2,1H3. The monoisotopic (exact) mass is 245 g/mol.